The number of benzene rings is 2. The third-order valence-corrected chi connectivity index (χ3v) is 6.23. The lowest BCUT2D eigenvalue weighted by atomic mass is 9.86. The van der Waals surface area contributed by atoms with Crippen LogP contribution >= 0.6 is 23.4 Å². The van der Waals surface area contributed by atoms with Gasteiger partial charge in [0.25, 0.3) is 5.56 Å². The quantitative estimate of drug-likeness (QED) is 0.473. The second-order valence-electron chi connectivity index (χ2n) is 6.91. The summed E-state index contributed by atoms with van der Waals surface area (Å²) in [6, 6.07) is 10.3. The van der Waals surface area contributed by atoms with Crippen LogP contribution in [0.5, 0.6) is 0 Å². The molecule has 0 unspecified atom stereocenters. The second-order valence-corrected chi connectivity index (χ2v) is 8.29. The molecule has 2 aromatic carbocycles. The molecule has 1 aromatic heterocycles. The second kappa shape index (κ2) is 8.20. The summed E-state index contributed by atoms with van der Waals surface area (Å²) in [7, 11) is 1.66. The van der Waals surface area contributed by atoms with E-state index in [1.165, 1.54) is 11.8 Å². The predicted octanol–water partition coefficient (Wildman–Crippen LogP) is 4.48. The highest BCUT2D eigenvalue weighted by Gasteiger charge is 2.33. The molecule has 154 valence electrons. The van der Waals surface area contributed by atoms with Gasteiger partial charge in [0.15, 0.2) is 5.16 Å². The maximum Gasteiger partial charge on any atom is 0.279 e. The van der Waals surface area contributed by atoms with Crippen molar-refractivity contribution < 1.29 is 13.6 Å². The zero-order valence-corrected chi connectivity index (χ0v) is 17.4. The first-order valence-corrected chi connectivity index (χ1v) is 10.4. The van der Waals surface area contributed by atoms with Crippen molar-refractivity contribution in [2.45, 2.75) is 23.2 Å². The Hall–Kier alpha value is -2.71. The number of nitrogens with zero attached hydrogens (tertiary/aromatic N) is 2. The van der Waals surface area contributed by atoms with E-state index >= 15 is 0 Å². The molecule has 0 spiro atoms. The fourth-order valence-electron chi connectivity index (χ4n) is 3.49. The number of carbonyl (C=O) groups excluding carboxylic acids is 1. The van der Waals surface area contributed by atoms with Crippen molar-refractivity contribution in [3.8, 4) is 0 Å². The Kier molecular flexibility index (Phi) is 5.62. The smallest absolute Gasteiger partial charge is 0.279 e. The fourth-order valence-corrected chi connectivity index (χ4v) is 4.61. The Morgan fingerprint density at radius 2 is 2.03 bits per heavy atom. The van der Waals surface area contributed by atoms with Crippen LogP contribution in [0, 0.1) is 11.6 Å². The van der Waals surface area contributed by atoms with Crippen LogP contribution in [0.4, 0.5) is 14.6 Å². The minimum Gasteiger partial charge on any atom is -0.312 e. The van der Waals surface area contributed by atoms with Crippen LogP contribution in [0.15, 0.2) is 52.4 Å². The molecular weight excluding hydrogens is 432 g/mol. The molecule has 0 radical (unpaired) electrons. The Balaban J connectivity index is 1.75. The van der Waals surface area contributed by atoms with Gasteiger partial charge in [0, 0.05) is 30.2 Å². The van der Waals surface area contributed by atoms with Crippen LogP contribution in [-0.2, 0) is 17.6 Å². The summed E-state index contributed by atoms with van der Waals surface area (Å²) in [6.07, 6.45) is -0.167. The number of fused-ring (bicyclic) bond motifs is 1. The zero-order valence-electron chi connectivity index (χ0n) is 15.8. The predicted molar refractivity (Wildman–Crippen MR) is 112 cm³/mol. The number of aromatic nitrogens is 2. The minimum absolute atomic E-state index is 0.0377. The topological polar surface area (TPSA) is 64.0 Å². The van der Waals surface area contributed by atoms with Gasteiger partial charge in [0.1, 0.15) is 17.5 Å². The average molecular weight is 448 g/mol. The van der Waals surface area contributed by atoms with E-state index in [0.717, 1.165) is 23.8 Å². The Morgan fingerprint density at radius 3 is 2.80 bits per heavy atom. The van der Waals surface area contributed by atoms with Crippen LogP contribution < -0.4 is 10.9 Å². The molecule has 4 rings (SSSR count). The number of rotatable bonds is 4. The average Bonchev–Trinajstić information content (AvgIpc) is 2.71. The van der Waals surface area contributed by atoms with Crippen molar-refractivity contribution in [3.63, 3.8) is 0 Å². The number of amides is 1. The summed E-state index contributed by atoms with van der Waals surface area (Å²) in [5.41, 5.74) is 0.478. The SMILES string of the molecule is Cn1c(SCc2cccc(Cl)c2)nc(=O)c2c1NC(=O)C[C@@H]2c1cc(F)ccc1F. The third kappa shape index (κ3) is 3.97. The highest BCUT2D eigenvalue weighted by Crippen LogP contribution is 2.37. The molecule has 3 aromatic rings. The van der Waals surface area contributed by atoms with Gasteiger partial charge in [0.05, 0.1) is 5.56 Å². The van der Waals surface area contributed by atoms with Gasteiger partial charge in [-0.2, -0.15) is 4.98 Å². The highest BCUT2D eigenvalue weighted by molar-refractivity contribution is 7.98. The number of halogens is 3. The van der Waals surface area contributed by atoms with E-state index in [1.54, 1.807) is 17.7 Å². The molecule has 0 saturated heterocycles. The van der Waals surface area contributed by atoms with Crippen molar-refractivity contribution in [2.24, 2.45) is 7.05 Å². The molecule has 0 bridgehead atoms. The lowest BCUT2D eigenvalue weighted by Crippen LogP contribution is -2.33. The third-order valence-electron chi connectivity index (χ3n) is 4.89. The van der Waals surface area contributed by atoms with E-state index in [2.05, 4.69) is 10.3 Å². The van der Waals surface area contributed by atoms with Gasteiger partial charge < -0.3 is 9.88 Å². The van der Waals surface area contributed by atoms with Crippen LogP contribution in [0.2, 0.25) is 5.02 Å². The maximum atomic E-state index is 14.4. The van der Waals surface area contributed by atoms with Crippen molar-refractivity contribution in [3.05, 3.63) is 86.2 Å². The molecular formula is C21H16ClF2N3O2S. The van der Waals surface area contributed by atoms with Crippen molar-refractivity contribution in [1.82, 2.24) is 9.55 Å². The summed E-state index contributed by atoms with van der Waals surface area (Å²) in [5, 5.41) is 3.68. The van der Waals surface area contributed by atoms with E-state index in [1.807, 2.05) is 18.2 Å². The van der Waals surface area contributed by atoms with Gasteiger partial charge >= 0.3 is 0 Å². The maximum absolute atomic E-state index is 14.4. The Bertz CT molecular complexity index is 1220. The van der Waals surface area contributed by atoms with Gasteiger partial charge in [-0.3, -0.25) is 9.59 Å². The first-order chi connectivity index (χ1) is 14.3. The highest BCUT2D eigenvalue weighted by atomic mass is 35.5. The van der Waals surface area contributed by atoms with E-state index in [4.69, 9.17) is 11.6 Å². The lowest BCUT2D eigenvalue weighted by molar-refractivity contribution is -0.116. The van der Waals surface area contributed by atoms with Gasteiger partial charge in [-0.15, -0.1) is 0 Å². The van der Waals surface area contributed by atoms with Gasteiger partial charge in [-0.1, -0.05) is 35.5 Å². The molecule has 1 aliphatic heterocycles. The summed E-state index contributed by atoms with van der Waals surface area (Å²) in [4.78, 5) is 29.3. The largest absolute Gasteiger partial charge is 0.312 e. The summed E-state index contributed by atoms with van der Waals surface area (Å²) in [6.45, 7) is 0. The molecule has 2 heterocycles. The van der Waals surface area contributed by atoms with Crippen LogP contribution in [-0.4, -0.2) is 15.5 Å². The van der Waals surface area contributed by atoms with Crippen molar-refractivity contribution in [2.75, 3.05) is 5.32 Å². The molecule has 1 N–H and O–H groups in total. The fraction of sp³-hybridized carbons (Fsp3) is 0.190. The summed E-state index contributed by atoms with van der Waals surface area (Å²) >= 11 is 7.31. The number of thioether (sulfide) groups is 1. The van der Waals surface area contributed by atoms with E-state index in [0.29, 0.717) is 15.9 Å². The van der Waals surface area contributed by atoms with Crippen molar-refractivity contribution in [1.29, 1.82) is 0 Å². The van der Waals surface area contributed by atoms with Gasteiger partial charge in [-0.25, -0.2) is 8.78 Å². The van der Waals surface area contributed by atoms with Crippen LogP contribution in [0.3, 0.4) is 0 Å². The van der Waals surface area contributed by atoms with Crippen LogP contribution in [0.25, 0.3) is 0 Å². The standard InChI is InChI=1S/C21H16ClF2N3O2S/c1-27-19-18(15(9-17(28)25-19)14-8-13(23)5-6-16(14)24)20(29)26-21(27)30-10-11-3-2-4-12(22)7-11/h2-8,15H,9-10H2,1H3,(H,25,28)/t15-/m1/s1. The molecule has 9 heteroatoms. The number of nitrogens with one attached hydrogen (secondary N) is 1. The number of hydrogen-bond acceptors (Lipinski definition) is 4. The number of carbonyl (C=O) groups is 1. The molecule has 30 heavy (non-hydrogen) atoms. The lowest BCUT2D eigenvalue weighted by Gasteiger charge is -2.27. The van der Waals surface area contributed by atoms with E-state index in [9.17, 15) is 18.4 Å². The van der Waals surface area contributed by atoms with E-state index in [-0.39, 0.29) is 29.3 Å². The van der Waals surface area contributed by atoms with E-state index < -0.39 is 23.1 Å². The van der Waals surface area contributed by atoms with Crippen molar-refractivity contribution >= 4 is 35.1 Å². The Labute approximate surface area is 180 Å². The number of anilines is 1. The molecule has 0 aliphatic carbocycles. The van der Waals surface area contributed by atoms with Gasteiger partial charge in [0.2, 0.25) is 5.91 Å². The van der Waals surface area contributed by atoms with Gasteiger partial charge in [-0.05, 0) is 41.5 Å². The molecule has 1 amide bonds. The summed E-state index contributed by atoms with van der Waals surface area (Å²) < 4.78 is 29.7. The monoisotopic (exact) mass is 447 g/mol. The molecule has 0 fully saturated rings. The zero-order chi connectivity index (χ0) is 21.4. The molecule has 5 nitrogen and oxygen atoms in total. The number of hydrogen-bond donors (Lipinski definition) is 1. The summed E-state index contributed by atoms with van der Waals surface area (Å²) in [5.74, 6) is -1.87. The molecule has 1 aliphatic rings. The Morgan fingerprint density at radius 1 is 1.23 bits per heavy atom. The first kappa shape index (κ1) is 20.6. The first-order valence-electron chi connectivity index (χ1n) is 9.06. The molecule has 1 atom stereocenters. The minimum atomic E-state index is -0.914. The van der Waals surface area contributed by atoms with Crippen LogP contribution in [0.1, 0.15) is 29.0 Å². The molecule has 0 saturated carbocycles. The normalized spacial score (nSPS) is 15.6.